The highest BCUT2D eigenvalue weighted by Gasteiger charge is 2.10. The van der Waals surface area contributed by atoms with Gasteiger partial charge in [-0.05, 0) is 13.0 Å². The Kier molecular flexibility index (Phi) is 4.00. The lowest BCUT2D eigenvalue weighted by molar-refractivity contribution is 0.0953. The number of nitrogens with two attached hydrogens (primary N) is 1. The average Bonchev–Trinajstić information content (AvgIpc) is 2.92. The Hall–Kier alpha value is -1.38. The van der Waals surface area contributed by atoms with Crippen molar-refractivity contribution >= 4 is 29.0 Å². The molecule has 0 unspecified atom stereocenters. The quantitative estimate of drug-likeness (QED) is 0.379. The Morgan fingerprint density at radius 2 is 2.44 bits per heavy atom. The van der Waals surface area contributed by atoms with Crippen LogP contribution in [0, 0.1) is 6.92 Å². The van der Waals surface area contributed by atoms with Crippen molar-refractivity contribution < 1.29 is 4.79 Å². The Bertz CT molecular complexity index is 562. The van der Waals surface area contributed by atoms with Crippen molar-refractivity contribution in [1.82, 2.24) is 20.2 Å². The third kappa shape index (κ3) is 2.89. The summed E-state index contributed by atoms with van der Waals surface area (Å²) in [4.78, 5) is 15.5. The van der Waals surface area contributed by atoms with Crippen LogP contribution in [0.2, 0.25) is 0 Å². The number of carbonyl (C=O) groups is 1. The highest BCUT2D eigenvalue weighted by Crippen LogP contribution is 2.23. The van der Waals surface area contributed by atoms with Gasteiger partial charge < -0.3 is 0 Å². The fourth-order valence-corrected chi connectivity index (χ4v) is 3.16. The second kappa shape index (κ2) is 5.51. The molecule has 2 rings (SSSR count). The number of thioether (sulfide) groups is 1. The third-order valence-electron chi connectivity index (χ3n) is 2.20. The van der Waals surface area contributed by atoms with E-state index >= 15 is 0 Å². The molecule has 0 aromatic carbocycles. The Labute approximate surface area is 113 Å². The van der Waals surface area contributed by atoms with E-state index in [1.165, 1.54) is 11.3 Å². The van der Waals surface area contributed by atoms with Crippen molar-refractivity contribution in [3.8, 4) is 0 Å². The van der Waals surface area contributed by atoms with Crippen LogP contribution in [0.1, 0.15) is 21.2 Å². The highest BCUT2D eigenvalue weighted by molar-refractivity contribution is 7.98. The number of nitrogens with zero attached hydrogens (tertiary/aromatic N) is 3. The number of nitrogen functional groups attached to an aromatic ring is 1. The predicted octanol–water partition coefficient (Wildman–Crippen LogP) is 1.08. The molecule has 18 heavy (non-hydrogen) atoms. The number of rotatable bonds is 4. The lowest BCUT2D eigenvalue weighted by Gasteiger charge is -1.98. The van der Waals surface area contributed by atoms with Crippen molar-refractivity contribution in [1.29, 1.82) is 0 Å². The summed E-state index contributed by atoms with van der Waals surface area (Å²) in [5.74, 6) is 5.40. The third-order valence-corrected chi connectivity index (χ3v) is 4.21. The zero-order valence-electron chi connectivity index (χ0n) is 10.0. The Morgan fingerprint density at radius 3 is 3.06 bits per heavy atom. The Morgan fingerprint density at radius 1 is 1.67 bits per heavy atom. The summed E-state index contributed by atoms with van der Waals surface area (Å²) in [6.45, 7) is 1.95. The van der Waals surface area contributed by atoms with Gasteiger partial charge in [0.15, 0.2) is 5.01 Å². The van der Waals surface area contributed by atoms with Crippen LogP contribution in [0.15, 0.2) is 16.5 Å². The molecule has 0 bridgehead atoms. The molecule has 0 radical (unpaired) electrons. The van der Waals surface area contributed by atoms with Gasteiger partial charge >= 0.3 is 0 Å². The molecule has 8 heteroatoms. The average molecular weight is 283 g/mol. The van der Waals surface area contributed by atoms with E-state index in [9.17, 15) is 4.79 Å². The van der Waals surface area contributed by atoms with Gasteiger partial charge in [0.25, 0.3) is 5.91 Å². The molecule has 2 aromatic heterocycles. The number of aryl methyl sites for hydroxylation is 2. The van der Waals surface area contributed by atoms with Gasteiger partial charge in [-0.25, -0.2) is 10.8 Å². The van der Waals surface area contributed by atoms with Gasteiger partial charge in [-0.2, -0.15) is 5.10 Å². The highest BCUT2D eigenvalue weighted by atomic mass is 32.2. The zero-order chi connectivity index (χ0) is 13.1. The number of thiazole rings is 1. The van der Waals surface area contributed by atoms with Crippen LogP contribution in [0.5, 0.6) is 0 Å². The summed E-state index contributed by atoms with van der Waals surface area (Å²) in [6, 6.07) is 2.02. The minimum absolute atomic E-state index is 0.354. The van der Waals surface area contributed by atoms with Crippen molar-refractivity contribution in [2.24, 2.45) is 12.9 Å². The molecule has 96 valence electrons. The summed E-state index contributed by atoms with van der Waals surface area (Å²) >= 11 is 2.92. The minimum Gasteiger partial charge on any atom is -0.288 e. The molecule has 1 amide bonds. The molecule has 6 nitrogen and oxygen atoms in total. The molecule has 3 N–H and O–H groups in total. The lowest BCUT2D eigenvalue weighted by atomic mass is 10.5. The van der Waals surface area contributed by atoms with Gasteiger partial charge in [-0.1, -0.05) is 0 Å². The van der Waals surface area contributed by atoms with Gasteiger partial charge in [0.2, 0.25) is 0 Å². The van der Waals surface area contributed by atoms with Crippen LogP contribution in [0.4, 0.5) is 0 Å². The number of nitrogens with one attached hydrogen (secondary N) is 1. The number of hydrogen-bond acceptors (Lipinski definition) is 6. The van der Waals surface area contributed by atoms with E-state index in [4.69, 9.17) is 5.84 Å². The summed E-state index contributed by atoms with van der Waals surface area (Å²) in [7, 11) is 1.91. The second-order valence-electron chi connectivity index (χ2n) is 3.65. The maximum Gasteiger partial charge on any atom is 0.294 e. The molecule has 2 heterocycles. The van der Waals surface area contributed by atoms with Gasteiger partial charge in [0.1, 0.15) is 0 Å². The molecule has 0 saturated carbocycles. The largest absolute Gasteiger partial charge is 0.294 e. The first kappa shape index (κ1) is 13.1. The summed E-state index contributed by atoms with van der Waals surface area (Å²) in [6.07, 6.45) is 0. The molecule has 2 aromatic rings. The summed E-state index contributed by atoms with van der Waals surface area (Å²) in [5, 5.41) is 7.59. The molecule has 0 saturated heterocycles. The molecule has 0 aliphatic carbocycles. The van der Waals surface area contributed by atoms with Crippen molar-refractivity contribution in [3.05, 3.63) is 27.8 Å². The van der Waals surface area contributed by atoms with Crippen LogP contribution >= 0.6 is 23.1 Å². The van der Waals surface area contributed by atoms with Gasteiger partial charge in [0, 0.05) is 18.2 Å². The molecule has 0 fully saturated rings. The monoisotopic (exact) mass is 283 g/mol. The van der Waals surface area contributed by atoms with Crippen molar-refractivity contribution in [2.45, 2.75) is 17.7 Å². The Balaban J connectivity index is 2.00. The summed E-state index contributed by atoms with van der Waals surface area (Å²) < 4.78 is 1.83. The number of hydrazine groups is 1. The van der Waals surface area contributed by atoms with Gasteiger partial charge in [-0.3, -0.25) is 14.9 Å². The molecular weight excluding hydrogens is 270 g/mol. The van der Waals surface area contributed by atoms with Crippen LogP contribution in [0.3, 0.4) is 0 Å². The maximum absolute atomic E-state index is 11.2. The first-order valence-electron chi connectivity index (χ1n) is 5.19. The van der Waals surface area contributed by atoms with Crippen LogP contribution in [0.25, 0.3) is 0 Å². The fraction of sp³-hybridized carbons (Fsp3) is 0.300. The van der Waals surface area contributed by atoms with Crippen LogP contribution < -0.4 is 11.3 Å². The van der Waals surface area contributed by atoms with Crippen LogP contribution in [-0.2, 0) is 12.8 Å². The maximum atomic E-state index is 11.2. The second-order valence-corrected chi connectivity index (χ2v) is 5.51. The number of hydrogen-bond donors (Lipinski definition) is 2. The fourth-order valence-electron chi connectivity index (χ4n) is 1.41. The van der Waals surface area contributed by atoms with E-state index in [1.54, 1.807) is 11.8 Å². The molecule has 0 aliphatic heterocycles. The predicted molar refractivity (Wildman–Crippen MR) is 71.3 cm³/mol. The van der Waals surface area contributed by atoms with E-state index in [-0.39, 0.29) is 5.91 Å². The molecule has 0 aliphatic rings. The lowest BCUT2D eigenvalue weighted by Crippen LogP contribution is -2.29. The van der Waals surface area contributed by atoms with E-state index in [1.807, 2.05) is 30.1 Å². The number of carbonyl (C=O) groups excluding carboxylic acids is 1. The van der Waals surface area contributed by atoms with Gasteiger partial charge in [-0.15, -0.1) is 23.1 Å². The van der Waals surface area contributed by atoms with Gasteiger partial charge in [0.05, 0.1) is 16.4 Å². The van der Waals surface area contributed by atoms with E-state index < -0.39 is 0 Å². The molecular formula is C10H13N5OS2. The number of aromatic nitrogens is 3. The molecule has 0 atom stereocenters. The van der Waals surface area contributed by atoms with Crippen molar-refractivity contribution in [3.63, 3.8) is 0 Å². The minimum atomic E-state index is -0.354. The van der Waals surface area contributed by atoms with Crippen molar-refractivity contribution in [2.75, 3.05) is 0 Å². The topological polar surface area (TPSA) is 85.8 Å². The smallest absolute Gasteiger partial charge is 0.288 e. The van der Waals surface area contributed by atoms with Crippen LogP contribution in [-0.4, -0.2) is 20.7 Å². The van der Waals surface area contributed by atoms with E-state index in [0.29, 0.717) is 10.8 Å². The zero-order valence-corrected chi connectivity index (χ0v) is 11.6. The molecule has 0 spiro atoms. The van der Waals surface area contributed by atoms with E-state index in [2.05, 4.69) is 15.5 Å². The van der Waals surface area contributed by atoms with E-state index in [0.717, 1.165) is 16.4 Å². The normalized spacial score (nSPS) is 10.6. The first-order chi connectivity index (χ1) is 8.60. The standard InChI is InChI=1S/C10H13N5OS2/c1-6-3-8(15(2)14-6)17-4-7-5-18-10(12-7)9(16)13-11/h3,5H,4,11H2,1-2H3,(H,13,16). The summed E-state index contributed by atoms with van der Waals surface area (Å²) in [5.41, 5.74) is 3.92. The SMILES string of the molecule is Cc1cc(SCc2csc(C(=O)NN)n2)n(C)n1. The first-order valence-corrected chi connectivity index (χ1v) is 7.05. The number of amides is 1.